The zero-order valence-corrected chi connectivity index (χ0v) is 10.8. The average Bonchev–Trinajstić information content (AvgIpc) is 2.35. The number of nitrogens with one attached hydrogen (secondary N) is 1. The Labute approximate surface area is 107 Å². The topological polar surface area (TPSA) is 101 Å². The second-order valence-corrected chi connectivity index (χ2v) is 4.32. The Balaban J connectivity index is 2.60. The highest BCUT2D eigenvalue weighted by Gasteiger charge is 2.13. The second-order valence-electron chi connectivity index (χ2n) is 3.47. The second kappa shape index (κ2) is 6.19. The van der Waals surface area contributed by atoms with Crippen molar-refractivity contribution in [1.29, 1.82) is 0 Å². The Hall–Kier alpha value is -1.63. The van der Waals surface area contributed by atoms with Crippen LogP contribution >= 0.6 is 15.9 Å². The van der Waals surface area contributed by atoms with Crippen LogP contribution in [0.25, 0.3) is 0 Å². The largest absolute Gasteiger partial charge is 0.409 e. The smallest absolute Gasteiger partial charge is 0.271 e. The van der Waals surface area contributed by atoms with Crippen molar-refractivity contribution in [3.63, 3.8) is 0 Å². The summed E-state index contributed by atoms with van der Waals surface area (Å²) in [6.45, 7) is 2.01. The fourth-order valence-corrected chi connectivity index (χ4v) is 1.52. The van der Waals surface area contributed by atoms with E-state index in [2.05, 4.69) is 31.4 Å². The molecule has 7 heteroatoms. The van der Waals surface area contributed by atoms with Crippen LogP contribution in [0.4, 0.5) is 0 Å². The van der Waals surface area contributed by atoms with Gasteiger partial charge in [-0.25, -0.2) is 4.98 Å². The standard InChI is InChI=1S/C10H13BrN4O2/c1-6(9(12)15-17)5-14-10(16)8-7(11)3-2-4-13-8/h2-4,6,17H,5H2,1H3,(H2,12,15)(H,14,16). The van der Waals surface area contributed by atoms with Crippen molar-refractivity contribution in [2.24, 2.45) is 16.8 Å². The van der Waals surface area contributed by atoms with Crippen LogP contribution in [0.1, 0.15) is 17.4 Å². The highest BCUT2D eigenvalue weighted by atomic mass is 79.9. The van der Waals surface area contributed by atoms with Crippen LogP contribution in [0.5, 0.6) is 0 Å². The number of amides is 1. The monoisotopic (exact) mass is 300 g/mol. The lowest BCUT2D eigenvalue weighted by Gasteiger charge is -2.11. The van der Waals surface area contributed by atoms with E-state index in [1.54, 1.807) is 19.1 Å². The molecular weight excluding hydrogens is 288 g/mol. The van der Waals surface area contributed by atoms with Crippen LogP contribution in [0.3, 0.4) is 0 Å². The summed E-state index contributed by atoms with van der Waals surface area (Å²) < 4.78 is 0.619. The molecule has 0 spiro atoms. The van der Waals surface area contributed by atoms with E-state index in [9.17, 15) is 4.79 Å². The number of carbonyl (C=O) groups is 1. The van der Waals surface area contributed by atoms with E-state index in [0.29, 0.717) is 10.2 Å². The predicted octanol–water partition coefficient (Wildman–Crippen LogP) is 0.956. The van der Waals surface area contributed by atoms with Crippen molar-refractivity contribution in [3.8, 4) is 0 Å². The molecule has 1 atom stereocenters. The molecule has 1 amide bonds. The summed E-state index contributed by atoms with van der Waals surface area (Å²) in [4.78, 5) is 15.7. The fourth-order valence-electron chi connectivity index (χ4n) is 1.09. The first kappa shape index (κ1) is 13.4. The number of halogens is 1. The third-order valence-electron chi connectivity index (χ3n) is 2.16. The van der Waals surface area contributed by atoms with Crippen molar-refractivity contribution in [2.45, 2.75) is 6.92 Å². The van der Waals surface area contributed by atoms with Crippen LogP contribution in [-0.4, -0.2) is 28.5 Å². The van der Waals surface area contributed by atoms with Crippen molar-refractivity contribution >= 4 is 27.7 Å². The molecule has 0 aromatic carbocycles. The van der Waals surface area contributed by atoms with Gasteiger partial charge in [-0.3, -0.25) is 4.79 Å². The number of nitrogens with two attached hydrogens (primary N) is 1. The first-order valence-electron chi connectivity index (χ1n) is 4.92. The Morgan fingerprint density at radius 2 is 2.47 bits per heavy atom. The van der Waals surface area contributed by atoms with Crippen LogP contribution in [0.2, 0.25) is 0 Å². The van der Waals surface area contributed by atoms with E-state index in [0.717, 1.165) is 0 Å². The molecule has 0 saturated carbocycles. The Morgan fingerprint density at radius 1 is 1.76 bits per heavy atom. The summed E-state index contributed by atoms with van der Waals surface area (Å²) in [5, 5.41) is 14.0. The average molecular weight is 301 g/mol. The maximum absolute atomic E-state index is 11.7. The molecule has 0 aliphatic carbocycles. The number of amidine groups is 1. The molecule has 6 nitrogen and oxygen atoms in total. The van der Waals surface area contributed by atoms with Gasteiger partial charge in [0.15, 0.2) is 0 Å². The van der Waals surface area contributed by atoms with Gasteiger partial charge in [-0.2, -0.15) is 0 Å². The van der Waals surface area contributed by atoms with Gasteiger partial charge in [0.1, 0.15) is 11.5 Å². The fraction of sp³-hybridized carbons (Fsp3) is 0.300. The normalized spacial score (nSPS) is 13.2. The van der Waals surface area contributed by atoms with E-state index in [1.807, 2.05) is 0 Å². The zero-order chi connectivity index (χ0) is 12.8. The lowest BCUT2D eigenvalue weighted by molar-refractivity contribution is 0.0945. The third kappa shape index (κ3) is 3.70. The minimum atomic E-state index is -0.310. The number of pyridine rings is 1. The van der Waals surface area contributed by atoms with E-state index < -0.39 is 0 Å². The number of hydrogen-bond donors (Lipinski definition) is 3. The number of aromatic nitrogens is 1. The highest BCUT2D eigenvalue weighted by Crippen LogP contribution is 2.12. The number of nitrogens with zero attached hydrogens (tertiary/aromatic N) is 2. The summed E-state index contributed by atoms with van der Waals surface area (Å²) in [5.74, 6) is -0.480. The maximum Gasteiger partial charge on any atom is 0.271 e. The summed E-state index contributed by atoms with van der Waals surface area (Å²) in [7, 11) is 0. The molecule has 1 heterocycles. The number of hydrogen-bond acceptors (Lipinski definition) is 4. The number of oxime groups is 1. The van der Waals surface area contributed by atoms with Crippen LogP contribution in [0.15, 0.2) is 28.0 Å². The SMILES string of the molecule is CC(CNC(=O)c1ncccc1Br)/C(N)=N/O. The van der Waals surface area contributed by atoms with Crippen molar-refractivity contribution in [1.82, 2.24) is 10.3 Å². The molecule has 4 N–H and O–H groups in total. The van der Waals surface area contributed by atoms with Gasteiger partial charge in [-0.1, -0.05) is 12.1 Å². The van der Waals surface area contributed by atoms with Gasteiger partial charge < -0.3 is 16.3 Å². The summed E-state index contributed by atoms with van der Waals surface area (Å²) in [5.41, 5.74) is 5.70. The van der Waals surface area contributed by atoms with Crippen molar-refractivity contribution in [2.75, 3.05) is 6.54 Å². The lowest BCUT2D eigenvalue weighted by Crippen LogP contribution is -2.35. The molecule has 92 valence electrons. The molecule has 0 radical (unpaired) electrons. The van der Waals surface area contributed by atoms with Crippen molar-refractivity contribution in [3.05, 3.63) is 28.5 Å². The first-order valence-corrected chi connectivity index (χ1v) is 5.71. The molecule has 1 unspecified atom stereocenters. The van der Waals surface area contributed by atoms with E-state index in [-0.39, 0.29) is 24.2 Å². The molecule has 1 aromatic rings. The summed E-state index contributed by atoms with van der Waals surface area (Å²) in [6, 6.07) is 3.45. The third-order valence-corrected chi connectivity index (χ3v) is 2.80. The van der Waals surface area contributed by atoms with E-state index >= 15 is 0 Å². The van der Waals surface area contributed by atoms with Gasteiger partial charge in [0.25, 0.3) is 5.91 Å². The Bertz CT molecular complexity index is 436. The maximum atomic E-state index is 11.7. The van der Waals surface area contributed by atoms with Gasteiger partial charge in [0, 0.05) is 23.1 Å². The molecule has 0 saturated heterocycles. The minimum Gasteiger partial charge on any atom is -0.409 e. The van der Waals surface area contributed by atoms with Crippen LogP contribution < -0.4 is 11.1 Å². The molecule has 1 aromatic heterocycles. The summed E-state index contributed by atoms with van der Waals surface area (Å²) in [6.07, 6.45) is 1.53. The zero-order valence-electron chi connectivity index (χ0n) is 9.22. The molecule has 0 fully saturated rings. The van der Waals surface area contributed by atoms with Gasteiger partial charge >= 0.3 is 0 Å². The van der Waals surface area contributed by atoms with E-state index in [4.69, 9.17) is 10.9 Å². The predicted molar refractivity (Wildman–Crippen MR) is 66.8 cm³/mol. The molecule has 1 rings (SSSR count). The quantitative estimate of drug-likeness (QED) is 0.334. The minimum absolute atomic E-state index is 0.0744. The van der Waals surface area contributed by atoms with Gasteiger partial charge in [0.05, 0.1) is 0 Å². The molecule has 0 bridgehead atoms. The summed E-state index contributed by atoms with van der Waals surface area (Å²) >= 11 is 3.23. The Kier molecular flexibility index (Phi) is 4.89. The van der Waals surface area contributed by atoms with Crippen LogP contribution in [0, 0.1) is 5.92 Å². The van der Waals surface area contributed by atoms with Gasteiger partial charge in [-0.15, -0.1) is 0 Å². The van der Waals surface area contributed by atoms with Crippen molar-refractivity contribution < 1.29 is 10.0 Å². The number of carbonyl (C=O) groups excluding carboxylic acids is 1. The van der Waals surface area contributed by atoms with Crippen LogP contribution in [-0.2, 0) is 0 Å². The Morgan fingerprint density at radius 3 is 3.06 bits per heavy atom. The van der Waals surface area contributed by atoms with Gasteiger partial charge in [0.2, 0.25) is 0 Å². The molecule has 17 heavy (non-hydrogen) atoms. The molecule has 0 aliphatic rings. The highest BCUT2D eigenvalue weighted by molar-refractivity contribution is 9.10. The molecular formula is C10H13BrN4O2. The molecule has 0 aliphatic heterocycles. The van der Waals surface area contributed by atoms with E-state index in [1.165, 1.54) is 6.20 Å². The van der Waals surface area contributed by atoms with Gasteiger partial charge in [-0.05, 0) is 28.1 Å². The number of rotatable bonds is 4. The first-order chi connectivity index (χ1) is 8.06. The lowest BCUT2D eigenvalue weighted by atomic mass is 10.1.